The number of hydrogen-bond donors (Lipinski definition) is 2. The molecule has 0 amide bonds. The number of unbranched alkanes of at least 4 members (excludes halogenated alkanes) is 5. The fourth-order valence-electron chi connectivity index (χ4n) is 3.33. The molecule has 12 heteroatoms. The number of imidazole rings is 1. The van der Waals surface area contributed by atoms with Crippen LogP contribution < -0.4 is 11.3 Å². The molecule has 1 aliphatic rings. The Hall–Kier alpha value is -1.78. The van der Waals surface area contributed by atoms with E-state index in [1.165, 1.54) is 32.7 Å². The minimum absolute atomic E-state index is 0.0154. The number of nitrogens with two attached hydrogens (primary N) is 1. The van der Waals surface area contributed by atoms with Crippen LogP contribution in [0.3, 0.4) is 0 Å². The highest BCUT2D eigenvalue weighted by Gasteiger charge is 2.41. The molecule has 0 saturated carbocycles. The highest BCUT2D eigenvalue weighted by Crippen LogP contribution is 2.54. The van der Waals surface area contributed by atoms with Crippen LogP contribution in [-0.4, -0.2) is 52.1 Å². The van der Waals surface area contributed by atoms with Crippen molar-refractivity contribution in [1.29, 1.82) is 0 Å². The number of aromatic amines is 1. The van der Waals surface area contributed by atoms with Crippen LogP contribution in [0.25, 0.3) is 11.2 Å². The highest BCUT2D eigenvalue weighted by molar-refractivity contribution is 7.48. The normalized spacial score (nSPS) is 24.5. The van der Waals surface area contributed by atoms with Crippen LogP contribution in [0.4, 0.5) is 5.95 Å². The lowest BCUT2D eigenvalue weighted by Crippen LogP contribution is -2.41. The molecule has 0 radical (unpaired) electrons. The largest absolute Gasteiger partial charge is 0.475 e. The van der Waals surface area contributed by atoms with Gasteiger partial charge in [0.2, 0.25) is 5.95 Å². The Balaban J connectivity index is 1.62. The number of H-pyrrole nitrogens is 1. The summed E-state index contributed by atoms with van der Waals surface area (Å²) in [5.41, 5.74) is 5.68. The van der Waals surface area contributed by atoms with E-state index in [0.29, 0.717) is 12.3 Å². The van der Waals surface area contributed by atoms with Gasteiger partial charge in [0.1, 0.15) is 12.2 Å². The summed E-state index contributed by atoms with van der Waals surface area (Å²) in [5.74, 6) is -0.0154. The molecule has 168 valence electrons. The van der Waals surface area contributed by atoms with Gasteiger partial charge in [-0.3, -0.25) is 23.3 Å². The zero-order chi connectivity index (χ0) is 21.6. The van der Waals surface area contributed by atoms with Gasteiger partial charge in [-0.1, -0.05) is 39.0 Å². The number of phosphoric acid groups is 1. The maximum Gasteiger partial charge on any atom is 0.475 e. The lowest BCUT2D eigenvalue weighted by Gasteiger charge is -2.34. The van der Waals surface area contributed by atoms with E-state index < -0.39 is 25.6 Å². The number of nitrogen functional groups attached to an aromatic ring is 1. The summed E-state index contributed by atoms with van der Waals surface area (Å²) in [4.78, 5) is 22.6. The molecule has 2 aromatic heterocycles. The van der Waals surface area contributed by atoms with Gasteiger partial charge >= 0.3 is 7.82 Å². The Labute approximate surface area is 174 Å². The van der Waals surface area contributed by atoms with Gasteiger partial charge in [-0.05, 0) is 6.42 Å². The van der Waals surface area contributed by atoms with E-state index in [1.54, 1.807) is 4.57 Å². The Morgan fingerprint density at radius 1 is 1.33 bits per heavy atom. The Kier molecular flexibility index (Phi) is 8.01. The highest BCUT2D eigenvalue weighted by atomic mass is 31.2. The van der Waals surface area contributed by atoms with Crippen LogP contribution in [0.5, 0.6) is 0 Å². The summed E-state index contributed by atoms with van der Waals surface area (Å²) in [7, 11) is -2.19. The molecule has 0 aliphatic carbocycles. The average Bonchev–Trinajstić information content (AvgIpc) is 3.10. The van der Waals surface area contributed by atoms with Crippen LogP contribution in [0.15, 0.2) is 11.1 Å². The van der Waals surface area contributed by atoms with Crippen LogP contribution in [-0.2, 0) is 29.4 Å². The van der Waals surface area contributed by atoms with Crippen molar-refractivity contribution in [2.24, 2.45) is 0 Å². The van der Waals surface area contributed by atoms with E-state index in [9.17, 15) is 9.36 Å². The summed E-state index contributed by atoms with van der Waals surface area (Å²) in [6, 6.07) is 0. The van der Waals surface area contributed by atoms with E-state index in [4.69, 9.17) is 24.0 Å². The van der Waals surface area contributed by atoms with Crippen LogP contribution >= 0.6 is 7.82 Å². The van der Waals surface area contributed by atoms with Crippen molar-refractivity contribution in [3.8, 4) is 0 Å². The molecule has 0 spiro atoms. The van der Waals surface area contributed by atoms with E-state index in [-0.39, 0.29) is 24.6 Å². The standard InChI is InChI=1S/C18H30N5O6P/c1-3-4-5-6-7-8-9-27-30(25)28-11-14(26-2)13(29-30)10-23-12-20-15-16(23)21-18(19)22-17(15)24/h12-14H,3-11H2,1-2H3,(H3,19,21,22,24)/t13-,14+,30?/m0/s1. The molecule has 1 unspecified atom stereocenters. The van der Waals surface area contributed by atoms with Crippen molar-refractivity contribution in [3.63, 3.8) is 0 Å². The molecule has 3 heterocycles. The van der Waals surface area contributed by atoms with Gasteiger partial charge in [-0.25, -0.2) is 9.55 Å². The molecule has 3 atom stereocenters. The first-order valence-corrected chi connectivity index (χ1v) is 11.7. The summed E-state index contributed by atoms with van der Waals surface area (Å²) in [6.45, 7) is 2.73. The van der Waals surface area contributed by atoms with E-state index >= 15 is 0 Å². The van der Waals surface area contributed by atoms with Crippen molar-refractivity contribution < 1.29 is 22.9 Å². The first-order chi connectivity index (χ1) is 14.5. The van der Waals surface area contributed by atoms with Gasteiger partial charge < -0.3 is 15.0 Å². The number of aromatic nitrogens is 4. The molecule has 30 heavy (non-hydrogen) atoms. The number of nitrogens with zero attached hydrogens (tertiary/aromatic N) is 3. The molecular formula is C18H30N5O6P. The molecule has 0 aromatic carbocycles. The number of nitrogens with one attached hydrogen (secondary N) is 1. The second-order valence-corrected chi connectivity index (χ2v) is 8.90. The van der Waals surface area contributed by atoms with Crippen molar-refractivity contribution >= 4 is 24.9 Å². The minimum Gasteiger partial charge on any atom is -0.376 e. The molecule has 1 fully saturated rings. The second kappa shape index (κ2) is 10.5. The molecular weight excluding hydrogens is 413 g/mol. The Morgan fingerprint density at radius 2 is 2.10 bits per heavy atom. The van der Waals surface area contributed by atoms with Gasteiger partial charge in [0.15, 0.2) is 11.2 Å². The molecule has 3 rings (SSSR count). The summed E-state index contributed by atoms with van der Waals surface area (Å²) >= 11 is 0. The third-order valence-corrected chi connectivity index (χ3v) is 6.49. The third kappa shape index (κ3) is 5.67. The number of phosphoric ester groups is 1. The predicted octanol–water partition coefficient (Wildman–Crippen LogP) is 2.62. The number of hydrogen-bond acceptors (Lipinski definition) is 9. The van der Waals surface area contributed by atoms with Gasteiger partial charge in [-0.15, -0.1) is 0 Å². The van der Waals surface area contributed by atoms with Crippen LogP contribution in [0.1, 0.15) is 45.4 Å². The number of fused-ring (bicyclic) bond motifs is 1. The predicted molar refractivity (Wildman–Crippen MR) is 111 cm³/mol. The van der Waals surface area contributed by atoms with Crippen molar-refractivity contribution in [2.75, 3.05) is 26.1 Å². The Bertz CT molecular complexity index is 931. The fraction of sp³-hybridized carbons (Fsp3) is 0.722. The SMILES string of the molecule is CCCCCCCCOP1(=O)OC[C@@H](OC)[C@H](Cn2cnc3c(=O)[nH]c(N)nc32)O1. The lowest BCUT2D eigenvalue weighted by molar-refractivity contribution is -0.0849. The summed E-state index contributed by atoms with van der Waals surface area (Å²) < 4.78 is 36.5. The van der Waals surface area contributed by atoms with Gasteiger partial charge in [0.05, 0.1) is 26.1 Å². The second-order valence-electron chi connectivity index (χ2n) is 7.28. The maximum absolute atomic E-state index is 12.9. The molecule has 2 aromatic rings. The smallest absolute Gasteiger partial charge is 0.376 e. The number of anilines is 1. The zero-order valence-electron chi connectivity index (χ0n) is 17.4. The Morgan fingerprint density at radius 3 is 2.87 bits per heavy atom. The molecule has 0 bridgehead atoms. The maximum atomic E-state index is 12.9. The molecule has 1 saturated heterocycles. The van der Waals surface area contributed by atoms with Crippen molar-refractivity contribution in [2.45, 2.75) is 64.2 Å². The average molecular weight is 443 g/mol. The fourth-order valence-corrected chi connectivity index (χ4v) is 4.74. The number of ether oxygens (including phenoxy) is 1. The molecule has 1 aliphatic heterocycles. The molecule has 3 N–H and O–H groups in total. The molecule has 11 nitrogen and oxygen atoms in total. The van der Waals surface area contributed by atoms with E-state index in [2.05, 4.69) is 21.9 Å². The monoisotopic (exact) mass is 443 g/mol. The van der Waals surface area contributed by atoms with E-state index in [0.717, 1.165) is 19.3 Å². The summed E-state index contributed by atoms with van der Waals surface area (Å²) in [6.07, 6.45) is 6.88. The topological polar surface area (TPSA) is 144 Å². The van der Waals surface area contributed by atoms with Gasteiger partial charge in [0, 0.05) is 7.11 Å². The van der Waals surface area contributed by atoms with E-state index in [1.807, 2.05) is 0 Å². The van der Waals surface area contributed by atoms with Gasteiger partial charge in [-0.2, -0.15) is 4.98 Å². The van der Waals surface area contributed by atoms with Gasteiger partial charge in [0.25, 0.3) is 5.56 Å². The minimum atomic E-state index is -3.71. The summed E-state index contributed by atoms with van der Waals surface area (Å²) in [5, 5.41) is 0. The van der Waals surface area contributed by atoms with Crippen LogP contribution in [0, 0.1) is 0 Å². The lowest BCUT2D eigenvalue weighted by atomic mass is 10.1. The number of rotatable bonds is 11. The third-order valence-electron chi connectivity index (χ3n) is 5.00. The number of methoxy groups -OCH3 is 1. The zero-order valence-corrected chi connectivity index (χ0v) is 18.3. The first-order valence-electron chi connectivity index (χ1n) is 10.3. The quantitative estimate of drug-likeness (QED) is 0.395. The van der Waals surface area contributed by atoms with Crippen molar-refractivity contribution in [3.05, 3.63) is 16.7 Å². The first kappa shape index (κ1) is 22.9. The van der Waals surface area contributed by atoms with Crippen molar-refractivity contribution in [1.82, 2.24) is 19.5 Å². The van der Waals surface area contributed by atoms with Crippen LogP contribution in [0.2, 0.25) is 0 Å².